The average Bonchev–Trinajstić information content (AvgIpc) is 2.97. The fraction of sp³-hybridized carbons (Fsp3) is 0.667. The lowest BCUT2D eigenvalue weighted by molar-refractivity contribution is 0.0785. The van der Waals surface area contributed by atoms with Crippen molar-refractivity contribution in [1.82, 2.24) is 20.0 Å². The molecule has 0 bridgehead atoms. The maximum atomic E-state index is 12.4. The van der Waals surface area contributed by atoms with Crippen LogP contribution in [-0.4, -0.2) is 40.2 Å². The van der Waals surface area contributed by atoms with Crippen LogP contribution in [0.1, 0.15) is 34.6 Å². The lowest BCUT2D eigenvalue weighted by atomic mass is 10.1. The van der Waals surface area contributed by atoms with Gasteiger partial charge in [0.1, 0.15) is 0 Å². The molecule has 0 radical (unpaired) electrons. The first kappa shape index (κ1) is 13.4. The number of amides is 1. The van der Waals surface area contributed by atoms with Crippen molar-refractivity contribution in [3.8, 4) is 0 Å². The summed E-state index contributed by atoms with van der Waals surface area (Å²) in [5, 5.41) is 7.74. The minimum absolute atomic E-state index is 0. The summed E-state index contributed by atoms with van der Waals surface area (Å²) in [6, 6.07) is 0. The quantitative estimate of drug-likeness (QED) is 0.818. The Kier molecular flexibility index (Phi) is 3.92. The number of nitrogens with one attached hydrogen (secondary N) is 1. The third kappa shape index (κ3) is 2.12. The second-order valence-electron chi connectivity index (χ2n) is 4.82. The van der Waals surface area contributed by atoms with Crippen LogP contribution in [-0.2, 0) is 20.0 Å². The number of likely N-dealkylation sites (tertiary alicyclic amines) is 1. The number of aromatic nitrogens is 2. The zero-order valence-corrected chi connectivity index (χ0v) is 11.4. The highest BCUT2D eigenvalue weighted by molar-refractivity contribution is 5.94. The van der Waals surface area contributed by atoms with Gasteiger partial charge in [-0.25, -0.2) is 0 Å². The Labute approximate surface area is 113 Å². The van der Waals surface area contributed by atoms with Crippen molar-refractivity contribution in [2.75, 3.05) is 19.6 Å². The van der Waals surface area contributed by atoms with Gasteiger partial charge in [0.2, 0.25) is 0 Å². The summed E-state index contributed by atoms with van der Waals surface area (Å²) < 4.78 is 1.87. The molecule has 0 spiro atoms. The molecule has 1 saturated heterocycles. The molecule has 0 aliphatic carbocycles. The van der Waals surface area contributed by atoms with Crippen LogP contribution >= 0.6 is 12.4 Å². The highest BCUT2D eigenvalue weighted by Crippen LogP contribution is 2.20. The summed E-state index contributed by atoms with van der Waals surface area (Å²) in [5.74, 6) is 0.114. The topological polar surface area (TPSA) is 50.2 Å². The Morgan fingerprint density at radius 3 is 2.78 bits per heavy atom. The van der Waals surface area contributed by atoms with Gasteiger partial charge in [0.25, 0.3) is 5.91 Å². The van der Waals surface area contributed by atoms with Crippen LogP contribution in [0.15, 0.2) is 0 Å². The van der Waals surface area contributed by atoms with E-state index < -0.39 is 0 Å². The van der Waals surface area contributed by atoms with Crippen molar-refractivity contribution in [2.24, 2.45) is 7.05 Å². The fourth-order valence-corrected chi connectivity index (χ4v) is 2.76. The normalized spacial score (nSPS) is 18.4. The van der Waals surface area contributed by atoms with Gasteiger partial charge in [-0.3, -0.25) is 9.48 Å². The summed E-state index contributed by atoms with van der Waals surface area (Å²) in [4.78, 5) is 14.3. The molecule has 0 aromatic carbocycles. The van der Waals surface area contributed by atoms with Gasteiger partial charge in [0.05, 0.1) is 0 Å². The number of nitrogens with zero attached hydrogens (tertiary/aromatic N) is 3. The number of aryl methyl sites for hydroxylation is 1. The van der Waals surface area contributed by atoms with Gasteiger partial charge in [-0.1, -0.05) is 0 Å². The van der Waals surface area contributed by atoms with Crippen molar-refractivity contribution < 1.29 is 4.79 Å². The maximum absolute atomic E-state index is 12.4. The molecule has 0 atom stereocenters. The standard InChI is InChI=1S/C12H18N4O.ClH/c1-15-10-4-5-13-8-9(10)11(14-15)12(17)16-6-2-3-7-16;/h13H,2-8H2,1H3;1H. The van der Waals surface area contributed by atoms with Gasteiger partial charge in [-0.15, -0.1) is 12.4 Å². The molecule has 3 heterocycles. The van der Waals surface area contributed by atoms with Crippen molar-refractivity contribution in [2.45, 2.75) is 25.8 Å². The summed E-state index contributed by atoms with van der Waals surface area (Å²) in [5.41, 5.74) is 2.98. The van der Waals surface area contributed by atoms with Crippen LogP contribution in [0, 0.1) is 0 Å². The van der Waals surface area contributed by atoms with Crippen molar-refractivity contribution in [1.29, 1.82) is 0 Å². The van der Waals surface area contributed by atoms with Crippen LogP contribution in [0.4, 0.5) is 0 Å². The molecule has 6 heteroatoms. The molecule has 18 heavy (non-hydrogen) atoms. The number of carbonyl (C=O) groups is 1. The van der Waals surface area contributed by atoms with E-state index in [0.29, 0.717) is 5.69 Å². The summed E-state index contributed by atoms with van der Waals surface area (Å²) >= 11 is 0. The molecule has 0 saturated carbocycles. The lowest BCUT2D eigenvalue weighted by Gasteiger charge is -2.17. The molecule has 2 aliphatic heterocycles. The van der Waals surface area contributed by atoms with E-state index in [0.717, 1.165) is 51.0 Å². The molecule has 3 rings (SSSR count). The third-order valence-corrected chi connectivity index (χ3v) is 3.71. The predicted octanol–water partition coefficient (Wildman–Crippen LogP) is 0.724. The first-order chi connectivity index (χ1) is 8.27. The van der Waals surface area contributed by atoms with Crippen LogP contribution in [0.2, 0.25) is 0 Å². The van der Waals surface area contributed by atoms with Gasteiger partial charge in [0, 0.05) is 50.9 Å². The molecular weight excluding hydrogens is 252 g/mol. The molecule has 5 nitrogen and oxygen atoms in total. The van der Waals surface area contributed by atoms with Crippen molar-refractivity contribution in [3.63, 3.8) is 0 Å². The van der Waals surface area contributed by atoms with E-state index in [1.807, 2.05) is 16.6 Å². The third-order valence-electron chi connectivity index (χ3n) is 3.71. The molecule has 2 aliphatic rings. The zero-order valence-electron chi connectivity index (χ0n) is 10.6. The lowest BCUT2D eigenvalue weighted by Crippen LogP contribution is -2.30. The fourth-order valence-electron chi connectivity index (χ4n) is 2.76. The van der Waals surface area contributed by atoms with E-state index in [2.05, 4.69) is 10.4 Å². The number of carbonyl (C=O) groups excluding carboxylic acids is 1. The Balaban J connectivity index is 0.00000120. The number of hydrogen-bond donors (Lipinski definition) is 1. The number of halogens is 1. The highest BCUT2D eigenvalue weighted by atomic mass is 35.5. The average molecular weight is 271 g/mol. The second-order valence-corrected chi connectivity index (χ2v) is 4.82. The molecule has 1 aromatic heterocycles. The van der Waals surface area contributed by atoms with E-state index in [9.17, 15) is 4.79 Å². The molecule has 0 unspecified atom stereocenters. The molecular formula is C12H19ClN4O. The van der Waals surface area contributed by atoms with Crippen molar-refractivity contribution >= 4 is 18.3 Å². The first-order valence-electron chi connectivity index (χ1n) is 6.32. The Morgan fingerprint density at radius 2 is 2.06 bits per heavy atom. The summed E-state index contributed by atoms with van der Waals surface area (Å²) in [7, 11) is 1.94. The predicted molar refractivity (Wildman–Crippen MR) is 71.0 cm³/mol. The Morgan fingerprint density at radius 1 is 1.33 bits per heavy atom. The van der Waals surface area contributed by atoms with E-state index >= 15 is 0 Å². The second kappa shape index (κ2) is 5.28. The van der Waals surface area contributed by atoms with Gasteiger partial charge in [-0.2, -0.15) is 5.10 Å². The number of hydrogen-bond acceptors (Lipinski definition) is 3. The SMILES string of the molecule is Cl.Cn1nc(C(=O)N2CCCC2)c2c1CCNC2. The van der Waals surface area contributed by atoms with E-state index in [1.165, 1.54) is 5.69 Å². The van der Waals surface area contributed by atoms with E-state index in [1.54, 1.807) is 0 Å². The number of fused-ring (bicyclic) bond motifs is 1. The summed E-state index contributed by atoms with van der Waals surface area (Å²) in [6.45, 7) is 3.52. The minimum Gasteiger partial charge on any atom is -0.337 e. The number of rotatable bonds is 1. The van der Waals surface area contributed by atoms with Crippen LogP contribution in [0.5, 0.6) is 0 Å². The van der Waals surface area contributed by atoms with Gasteiger partial charge >= 0.3 is 0 Å². The smallest absolute Gasteiger partial charge is 0.274 e. The van der Waals surface area contributed by atoms with Gasteiger partial charge in [-0.05, 0) is 12.8 Å². The molecule has 1 amide bonds. The van der Waals surface area contributed by atoms with E-state index in [-0.39, 0.29) is 18.3 Å². The van der Waals surface area contributed by atoms with Crippen molar-refractivity contribution in [3.05, 3.63) is 17.0 Å². The van der Waals surface area contributed by atoms with Crippen LogP contribution in [0.3, 0.4) is 0 Å². The molecule has 1 aromatic rings. The molecule has 1 fully saturated rings. The molecule has 100 valence electrons. The largest absolute Gasteiger partial charge is 0.337 e. The maximum Gasteiger partial charge on any atom is 0.274 e. The van der Waals surface area contributed by atoms with E-state index in [4.69, 9.17) is 0 Å². The van der Waals surface area contributed by atoms with Gasteiger partial charge < -0.3 is 10.2 Å². The highest BCUT2D eigenvalue weighted by Gasteiger charge is 2.28. The Hall–Kier alpha value is -1.07. The van der Waals surface area contributed by atoms with Gasteiger partial charge in [0.15, 0.2) is 5.69 Å². The van der Waals surface area contributed by atoms with Crippen LogP contribution in [0.25, 0.3) is 0 Å². The Bertz CT molecular complexity index is 451. The monoisotopic (exact) mass is 270 g/mol. The van der Waals surface area contributed by atoms with Crippen LogP contribution < -0.4 is 5.32 Å². The first-order valence-corrected chi connectivity index (χ1v) is 6.32. The zero-order chi connectivity index (χ0) is 11.8. The minimum atomic E-state index is 0. The summed E-state index contributed by atoms with van der Waals surface area (Å²) in [6.07, 6.45) is 3.21. The molecule has 1 N–H and O–H groups in total.